The average Bonchev–Trinajstić information content (AvgIpc) is 3.31. The zero-order chi connectivity index (χ0) is 17.2. The van der Waals surface area contributed by atoms with Crippen LogP contribution in [0.3, 0.4) is 0 Å². The van der Waals surface area contributed by atoms with Crippen molar-refractivity contribution in [2.24, 2.45) is 17.8 Å². The number of rotatable bonds is 5. The largest absolute Gasteiger partial charge is 0.350 e. The van der Waals surface area contributed by atoms with Crippen LogP contribution < -0.4 is 11.2 Å². The van der Waals surface area contributed by atoms with Gasteiger partial charge in [-0.15, -0.1) is 10.2 Å². The molecule has 6 nitrogen and oxygen atoms in total. The Kier molecular flexibility index (Phi) is 3.60. The number of carbonyl (C=O) groups is 1. The lowest BCUT2D eigenvalue weighted by molar-refractivity contribution is -0.126. The maximum Gasteiger partial charge on any atom is 0.233 e. The summed E-state index contributed by atoms with van der Waals surface area (Å²) in [5.41, 5.74) is 0.0657. The third-order valence-corrected chi connectivity index (χ3v) is 7.77. The lowest BCUT2D eigenvalue weighted by Crippen LogP contribution is -2.60. The third-order valence-electron chi connectivity index (χ3n) is 6.71. The quantitative estimate of drug-likeness (QED) is 0.621. The second kappa shape index (κ2) is 5.63. The summed E-state index contributed by atoms with van der Waals surface area (Å²) in [6, 6.07) is 0. The molecule has 4 bridgehead atoms. The third kappa shape index (κ3) is 2.84. The van der Waals surface area contributed by atoms with E-state index in [1.165, 1.54) is 50.3 Å². The molecule has 1 heterocycles. The van der Waals surface area contributed by atoms with Crippen LogP contribution in [0.2, 0.25) is 0 Å². The molecule has 1 aromatic rings. The molecule has 6 rings (SSSR count). The van der Waals surface area contributed by atoms with E-state index in [4.69, 9.17) is 5.84 Å². The normalized spacial score (nSPS) is 37.2. The zero-order valence-electron chi connectivity index (χ0n) is 14.8. The first-order chi connectivity index (χ1) is 12.0. The molecule has 136 valence electrons. The molecule has 0 spiro atoms. The minimum Gasteiger partial charge on any atom is -0.350 e. The van der Waals surface area contributed by atoms with Gasteiger partial charge < -0.3 is 11.2 Å². The van der Waals surface area contributed by atoms with Crippen molar-refractivity contribution < 1.29 is 4.79 Å². The van der Waals surface area contributed by atoms with Gasteiger partial charge in [0.25, 0.3) is 0 Å². The highest BCUT2D eigenvalue weighted by Gasteiger charge is 2.51. The molecule has 0 aliphatic heterocycles. The summed E-state index contributed by atoms with van der Waals surface area (Å²) in [6.45, 7) is 1.95. The van der Waals surface area contributed by atoms with Gasteiger partial charge in [-0.3, -0.25) is 4.79 Å². The van der Waals surface area contributed by atoms with Crippen molar-refractivity contribution >= 4 is 17.7 Å². The topological polar surface area (TPSA) is 85.8 Å². The van der Waals surface area contributed by atoms with Crippen molar-refractivity contribution in [2.75, 3.05) is 5.84 Å². The predicted molar refractivity (Wildman–Crippen MR) is 96.5 cm³/mol. The van der Waals surface area contributed by atoms with Crippen LogP contribution in [-0.4, -0.2) is 31.6 Å². The number of thioether (sulfide) groups is 1. The number of nitrogen functional groups attached to an aromatic ring is 1. The van der Waals surface area contributed by atoms with Gasteiger partial charge in [0.1, 0.15) is 0 Å². The van der Waals surface area contributed by atoms with E-state index in [0.717, 1.165) is 36.4 Å². The van der Waals surface area contributed by atoms with E-state index in [-0.39, 0.29) is 16.7 Å². The smallest absolute Gasteiger partial charge is 0.233 e. The van der Waals surface area contributed by atoms with Crippen molar-refractivity contribution in [2.45, 2.75) is 80.2 Å². The average molecular weight is 362 g/mol. The Hall–Kier alpha value is -1.24. The number of nitrogens with zero attached hydrogens (tertiary/aromatic N) is 3. The Morgan fingerprint density at radius 2 is 1.80 bits per heavy atom. The maximum atomic E-state index is 12.9. The molecule has 5 aliphatic carbocycles. The van der Waals surface area contributed by atoms with Crippen LogP contribution in [0.25, 0.3) is 0 Å². The Morgan fingerprint density at radius 1 is 1.20 bits per heavy atom. The molecule has 1 aromatic heterocycles. The Balaban J connectivity index is 1.25. The van der Waals surface area contributed by atoms with Crippen molar-refractivity contribution in [1.29, 1.82) is 0 Å². The van der Waals surface area contributed by atoms with Crippen molar-refractivity contribution in [3.63, 3.8) is 0 Å². The first-order valence-electron chi connectivity index (χ1n) is 9.70. The molecule has 7 heteroatoms. The minimum absolute atomic E-state index is 0.0657. The second-order valence-electron chi connectivity index (χ2n) is 8.93. The monoisotopic (exact) mass is 361 g/mol. The number of nitrogens with one attached hydrogen (secondary N) is 1. The maximum absolute atomic E-state index is 12.9. The summed E-state index contributed by atoms with van der Waals surface area (Å²) in [7, 11) is 0. The summed E-state index contributed by atoms with van der Waals surface area (Å²) in [4.78, 5) is 12.9. The van der Waals surface area contributed by atoms with Crippen molar-refractivity contribution in [1.82, 2.24) is 20.2 Å². The highest BCUT2D eigenvalue weighted by molar-refractivity contribution is 8.00. The summed E-state index contributed by atoms with van der Waals surface area (Å²) < 4.78 is 1.58. The number of carbonyl (C=O) groups excluding carboxylic acids is 1. The number of amides is 1. The fraction of sp³-hybridized carbons (Fsp3) is 0.833. The van der Waals surface area contributed by atoms with Crippen molar-refractivity contribution in [3.8, 4) is 0 Å². The zero-order valence-corrected chi connectivity index (χ0v) is 15.6. The minimum atomic E-state index is -0.202. The Bertz CT molecular complexity index is 662. The molecule has 25 heavy (non-hydrogen) atoms. The number of hydrogen-bond acceptors (Lipinski definition) is 5. The summed E-state index contributed by atoms with van der Waals surface area (Å²) in [6.07, 6.45) is 9.99. The van der Waals surface area contributed by atoms with Gasteiger partial charge in [0.15, 0.2) is 5.82 Å². The van der Waals surface area contributed by atoms with Gasteiger partial charge in [-0.25, -0.2) is 4.68 Å². The molecule has 0 saturated heterocycles. The summed E-state index contributed by atoms with van der Waals surface area (Å²) in [5.74, 6) is 10.1. The predicted octanol–water partition coefficient (Wildman–Crippen LogP) is 2.43. The molecule has 5 aliphatic rings. The highest BCUT2D eigenvalue weighted by atomic mass is 32.2. The summed E-state index contributed by atoms with van der Waals surface area (Å²) >= 11 is 1.43. The van der Waals surface area contributed by atoms with Crippen LogP contribution in [-0.2, 0) is 4.79 Å². The van der Waals surface area contributed by atoms with Gasteiger partial charge in [-0.1, -0.05) is 11.8 Å². The highest BCUT2D eigenvalue weighted by Crippen LogP contribution is 2.55. The first kappa shape index (κ1) is 16.0. The van der Waals surface area contributed by atoms with E-state index in [9.17, 15) is 4.79 Å². The molecule has 5 saturated carbocycles. The number of hydrogen-bond donors (Lipinski definition) is 2. The van der Waals surface area contributed by atoms with E-state index in [1.54, 1.807) is 4.68 Å². The lowest BCUT2D eigenvalue weighted by Gasteiger charge is -2.57. The Morgan fingerprint density at radius 3 is 2.36 bits per heavy atom. The molecule has 3 N–H and O–H groups in total. The van der Waals surface area contributed by atoms with E-state index in [1.807, 2.05) is 6.92 Å². The molecule has 0 aromatic carbocycles. The van der Waals surface area contributed by atoms with Crippen LogP contribution >= 0.6 is 11.8 Å². The fourth-order valence-electron chi connectivity index (χ4n) is 5.83. The van der Waals surface area contributed by atoms with E-state index >= 15 is 0 Å². The van der Waals surface area contributed by atoms with Gasteiger partial charge in [-0.2, -0.15) is 0 Å². The number of aromatic nitrogens is 3. The molecule has 5 fully saturated rings. The first-order valence-corrected chi connectivity index (χ1v) is 10.6. The van der Waals surface area contributed by atoms with Crippen LogP contribution in [0, 0.1) is 17.8 Å². The van der Waals surface area contributed by atoms with Gasteiger partial charge in [0.2, 0.25) is 11.1 Å². The summed E-state index contributed by atoms with van der Waals surface area (Å²) in [5, 5.41) is 12.3. The van der Waals surface area contributed by atoms with E-state index in [2.05, 4.69) is 15.5 Å². The van der Waals surface area contributed by atoms with E-state index < -0.39 is 0 Å². The lowest BCUT2D eigenvalue weighted by atomic mass is 9.53. The molecule has 1 atom stereocenters. The molecular weight excluding hydrogens is 334 g/mol. The van der Waals surface area contributed by atoms with Gasteiger partial charge in [0, 0.05) is 11.5 Å². The number of nitrogens with two attached hydrogens (primary N) is 1. The molecule has 1 amide bonds. The molecule has 0 radical (unpaired) electrons. The van der Waals surface area contributed by atoms with Crippen LogP contribution in [0.4, 0.5) is 0 Å². The Labute approximate surface area is 152 Å². The van der Waals surface area contributed by atoms with Gasteiger partial charge in [0.05, 0.1) is 5.25 Å². The molecular formula is C18H27N5OS. The molecule has 1 unspecified atom stereocenters. The van der Waals surface area contributed by atoms with E-state index in [0.29, 0.717) is 11.1 Å². The standard InChI is InChI=1S/C18H27N5OS/c1-10(25-17-22-21-15(23(17)19)14-2-3-14)16(24)20-18-7-11-4-12(8-18)6-13(5-11)9-18/h10-14H,2-9,19H2,1H3,(H,20,24). The van der Waals surface area contributed by atoms with Gasteiger partial charge >= 0.3 is 0 Å². The fourth-order valence-corrected chi connectivity index (χ4v) is 6.60. The van der Waals surface area contributed by atoms with Gasteiger partial charge in [-0.05, 0) is 76.0 Å². The van der Waals surface area contributed by atoms with Crippen molar-refractivity contribution in [3.05, 3.63) is 5.82 Å². The van der Waals surface area contributed by atoms with Crippen LogP contribution in [0.1, 0.15) is 70.0 Å². The SMILES string of the molecule is CC(Sc1nnc(C2CC2)n1N)C(=O)NC12CC3CC(CC(C3)C1)C2. The second-order valence-corrected chi connectivity index (χ2v) is 10.2. The van der Waals surface area contributed by atoms with Crippen LogP contribution in [0.15, 0.2) is 5.16 Å². The van der Waals surface area contributed by atoms with Crippen LogP contribution in [0.5, 0.6) is 0 Å².